The maximum absolute atomic E-state index is 12.5. The average Bonchev–Trinajstić information content (AvgIpc) is 2.72. The molecule has 3 aromatic rings. The number of methoxy groups -OCH3 is 2. The summed E-state index contributed by atoms with van der Waals surface area (Å²) in [6, 6.07) is 16.1. The molecule has 0 spiro atoms. The molecule has 0 aliphatic heterocycles. The van der Waals surface area contributed by atoms with Gasteiger partial charge in [-0.3, -0.25) is 4.79 Å². The predicted molar refractivity (Wildman–Crippen MR) is 110 cm³/mol. The fourth-order valence-corrected chi connectivity index (χ4v) is 2.85. The van der Waals surface area contributed by atoms with Gasteiger partial charge in [0.05, 0.1) is 19.9 Å². The predicted octanol–water partition coefficient (Wildman–Crippen LogP) is 4.43. The lowest BCUT2D eigenvalue weighted by atomic mass is 10.2. The minimum Gasteiger partial charge on any atom is -0.496 e. The second-order valence-corrected chi connectivity index (χ2v) is 6.33. The molecule has 0 saturated carbocycles. The Hall–Kier alpha value is -3.25. The van der Waals surface area contributed by atoms with Gasteiger partial charge in [0.2, 0.25) is 0 Å². The van der Waals surface area contributed by atoms with Crippen molar-refractivity contribution in [3.05, 3.63) is 76.9 Å². The molecule has 1 heterocycles. The summed E-state index contributed by atoms with van der Waals surface area (Å²) >= 11 is 6.06. The Morgan fingerprint density at radius 1 is 1.04 bits per heavy atom. The van der Waals surface area contributed by atoms with Crippen molar-refractivity contribution in [2.24, 2.45) is 0 Å². The summed E-state index contributed by atoms with van der Waals surface area (Å²) in [4.78, 5) is 16.8. The molecule has 3 rings (SSSR count). The van der Waals surface area contributed by atoms with E-state index in [1.807, 2.05) is 24.3 Å². The van der Waals surface area contributed by atoms with Crippen LogP contribution >= 0.6 is 11.6 Å². The van der Waals surface area contributed by atoms with Crippen molar-refractivity contribution in [3.63, 3.8) is 0 Å². The van der Waals surface area contributed by atoms with E-state index >= 15 is 0 Å². The number of carbonyl (C=O) groups is 1. The Kier molecular flexibility index (Phi) is 6.34. The smallest absolute Gasteiger partial charge is 0.251 e. The molecule has 144 valence electrons. The molecule has 2 aromatic carbocycles. The Morgan fingerprint density at radius 3 is 2.61 bits per heavy atom. The zero-order chi connectivity index (χ0) is 19.9. The lowest BCUT2D eigenvalue weighted by Crippen LogP contribution is -2.23. The SMILES string of the molecule is COc1ccccc1CNC(=O)c1ccnc(Nc2cc(Cl)ccc2OC)c1. The number of amides is 1. The van der Waals surface area contributed by atoms with Crippen LogP contribution in [0.25, 0.3) is 0 Å². The molecule has 2 N–H and O–H groups in total. The number of benzene rings is 2. The first-order valence-electron chi connectivity index (χ1n) is 8.57. The van der Waals surface area contributed by atoms with Crippen LogP contribution in [0.15, 0.2) is 60.8 Å². The summed E-state index contributed by atoms with van der Waals surface area (Å²) in [5, 5.41) is 6.59. The number of ether oxygens (including phenoxy) is 2. The average molecular weight is 398 g/mol. The van der Waals surface area contributed by atoms with Gasteiger partial charge in [-0.15, -0.1) is 0 Å². The summed E-state index contributed by atoms with van der Waals surface area (Å²) in [5.41, 5.74) is 2.04. The Morgan fingerprint density at radius 2 is 1.82 bits per heavy atom. The van der Waals surface area contributed by atoms with Gasteiger partial charge in [-0.05, 0) is 36.4 Å². The quantitative estimate of drug-likeness (QED) is 0.617. The number of hydrogen-bond donors (Lipinski definition) is 2. The normalized spacial score (nSPS) is 10.2. The van der Waals surface area contributed by atoms with E-state index in [0.717, 1.165) is 11.3 Å². The lowest BCUT2D eigenvalue weighted by Gasteiger charge is -2.12. The molecule has 6 nitrogen and oxygen atoms in total. The Bertz CT molecular complexity index is 979. The van der Waals surface area contributed by atoms with Crippen LogP contribution in [0, 0.1) is 0 Å². The van der Waals surface area contributed by atoms with E-state index in [1.165, 1.54) is 0 Å². The molecular weight excluding hydrogens is 378 g/mol. The molecule has 0 fully saturated rings. The lowest BCUT2D eigenvalue weighted by molar-refractivity contribution is 0.0950. The molecule has 1 amide bonds. The molecule has 0 saturated heterocycles. The molecule has 7 heteroatoms. The number of para-hydroxylation sites is 1. The fraction of sp³-hybridized carbons (Fsp3) is 0.143. The molecule has 1 aromatic heterocycles. The molecule has 0 unspecified atom stereocenters. The Labute approximate surface area is 168 Å². The van der Waals surface area contributed by atoms with Gasteiger partial charge < -0.3 is 20.1 Å². The molecular formula is C21H20ClN3O3. The van der Waals surface area contributed by atoms with Gasteiger partial charge in [0.15, 0.2) is 0 Å². The van der Waals surface area contributed by atoms with Crippen LogP contribution in [-0.4, -0.2) is 25.1 Å². The van der Waals surface area contributed by atoms with Gasteiger partial charge in [-0.2, -0.15) is 0 Å². The topological polar surface area (TPSA) is 72.5 Å². The summed E-state index contributed by atoms with van der Waals surface area (Å²) in [6.45, 7) is 0.357. The number of hydrogen-bond acceptors (Lipinski definition) is 5. The summed E-state index contributed by atoms with van der Waals surface area (Å²) < 4.78 is 10.6. The molecule has 0 aliphatic rings. The van der Waals surface area contributed by atoms with Crippen molar-refractivity contribution >= 4 is 29.0 Å². The second kappa shape index (κ2) is 9.10. The summed E-state index contributed by atoms with van der Waals surface area (Å²) in [6.07, 6.45) is 1.57. The van der Waals surface area contributed by atoms with Gasteiger partial charge in [-0.1, -0.05) is 29.8 Å². The van der Waals surface area contributed by atoms with Gasteiger partial charge in [0, 0.05) is 28.9 Å². The first-order valence-corrected chi connectivity index (χ1v) is 8.95. The number of carbonyl (C=O) groups excluding carboxylic acids is 1. The number of halogens is 1. The van der Waals surface area contributed by atoms with Crippen LogP contribution in [0.4, 0.5) is 11.5 Å². The number of anilines is 2. The number of pyridine rings is 1. The zero-order valence-corrected chi connectivity index (χ0v) is 16.3. The van der Waals surface area contributed by atoms with E-state index < -0.39 is 0 Å². The van der Waals surface area contributed by atoms with Crippen molar-refractivity contribution in [2.45, 2.75) is 6.54 Å². The first-order chi connectivity index (χ1) is 13.6. The highest BCUT2D eigenvalue weighted by atomic mass is 35.5. The molecule has 0 atom stereocenters. The van der Waals surface area contributed by atoms with E-state index in [0.29, 0.717) is 34.4 Å². The van der Waals surface area contributed by atoms with Crippen molar-refractivity contribution in [3.8, 4) is 11.5 Å². The van der Waals surface area contributed by atoms with E-state index in [1.54, 1.807) is 50.7 Å². The van der Waals surface area contributed by atoms with Crippen molar-refractivity contribution < 1.29 is 14.3 Å². The maximum atomic E-state index is 12.5. The van der Waals surface area contributed by atoms with Crippen LogP contribution in [0.5, 0.6) is 11.5 Å². The highest BCUT2D eigenvalue weighted by Crippen LogP contribution is 2.30. The van der Waals surface area contributed by atoms with E-state index in [4.69, 9.17) is 21.1 Å². The molecule has 0 radical (unpaired) electrons. The monoisotopic (exact) mass is 397 g/mol. The molecule has 28 heavy (non-hydrogen) atoms. The van der Waals surface area contributed by atoms with Crippen LogP contribution in [0.3, 0.4) is 0 Å². The van der Waals surface area contributed by atoms with Crippen LogP contribution < -0.4 is 20.1 Å². The number of rotatable bonds is 7. The van der Waals surface area contributed by atoms with Crippen LogP contribution in [-0.2, 0) is 6.54 Å². The standard InChI is InChI=1S/C21H20ClN3O3/c1-27-18-6-4-3-5-15(18)13-24-21(26)14-9-10-23-20(11-14)25-17-12-16(22)7-8-19(17)28-2/h3-12H,13H2,1-2H3,(H,23,25)(H,24,26). The van der Waals surface area contributed by atoms with Crippen LogP contribution in [0.1, 0.15) is 15.9 Å². The Balaban J connectivity index is 1.72. The van der Waals surface area contributed by atoms with Gasteiger partial charge in [0.1, 0.15) is 17.3 Å². The number of aromatic nitrogens is 1. The van der Waals surface area contributed by atoms with Gasteiger partial charge in [-0.25, -0.2) is 4.98 Å². The van der Waals surface area contributed by atoms with E-state index in [-0.39, 0.29) is 5.91 Å². The van der Waals surface area contributed by atoms with E-state index in [9.17, 15) is 4.79 Å². The third-order valence-electron chi connectivity index (χ3n) is 4.08. The third kappa shape index (κ3) is 4.72. The third-order valence-corrected chi connectivity index (χ3v) is 4.31. The zero-order valence-electron chi connectivity index (χ0n) is 15.5. The fourth-order valence-electron chi connectivity index (χ4n) is 2.68. The van der Waals surface area contributed by atoms with Crippen LogP contribution in [0.2, 0.25) is 5.02 Å². The maximum Gasteiger partial charge on any atom is 0.251 e. The number of nitrogens with zero attached hydrogens (tertiary/aromatic N) is 1. The van der Waals surface area contributed by atoms with Gasteiger partial charge >= 0.3 is 0 Å². The largest absolute Gasteiger partial charge is 0.496 e. The summed E-state index contributed by atoms with van der Waals surface area (Å²) in [5.74, 6) is 1.64. The van der Waals surface area contributed by atoms with Crippen molar-refractivity contribution in [1.82, 2.24) is 10.3 Å². The highest BCUT2D eigenvalue weighted by molar-refractivity contribution is 6.31. The van der Waals surface area contributed by atoms with Crippen molar-refractivity contribution in [2.75, 3.05) is 19.5 Å². The minimum absolute atomic E-state index is 0.214. The highest BCUT2D eigenvalue weighted by Gasteiger charge is 2.10. The summed E-state index contributed by atoms with van der Waals surface area (Å²) in [7, 11) is 3.18. The second-order valence-electron chi connectivity index (χ2n) is 5.89. The first kappa shape index (κ1) is 19.5. The van der Waals surface area contributed by atoms with E-state index in [2.05, 4.69) is 15.6 Å². The molecule has 0 bridgehead atoms. The van der Waals surface area contributed by atoms with Gasteiger partial charge in [0.25, 0.3) is 5.91 Å². The van der Waals surface area contributed by atoms with Crippen molar-refractivity contribution in [1.29, 1.82) is 0 Å². The number of nitrogens with one attached hydrogen (secondary N) is 2. The minimum atomic E-state index is -0.214. The molecule has 0 aliphatic carbocycles.